The third-order valence-electron chi connectivity index (χ3n) is 3.41. The normalized spacial score (nSPS) is 12.7. The van der Waals surface area contributed by atoms with Crippen LogP contribution in [0.15, 0.2) is 69.2 Å². The van der Waals surface area contributed by atoms with Crippen LogP contribution in [0, 0.1) is 0 Å². The Hall–Kier alpha value is -3.15. The predicted octanol–water partition coefficient (Wildman–Crippen LogP) is 5.14. The summed E-state index contributed by atoms with van der Waals surface area (Å²) >= 11 is 0. The Bertz CT molecular complexity index is 877. The second kappa shape index (κ2) is 13.1. The average molecular weight is 383 g/mol. The van der Waals surface area contributed by atoms with Gasteiger partial charge in [-0.2, -0.15) is 0 Å². The van der Waals surface area contributed by atoms with Crippen LogP contribution in [-0.4, -0.2) is 22.7 Å². The van der Waals surface area contributed by atoms with Crippen molar-refractivity contribution in [3.63, 3.8) is 0 Å². The molecule has 0 unspecified atom stereocenters. The minimum absolute atomic E-state index is 0.213. The van der Waals surface area contributed by atoms with Crippen LogP contribution in [0.4, 0.5) is 0 Å². The number of nitrogens with two attached hydrogens (primary N) is 2. The molecule has 2 aromatic rings. The second-order valence-electron chi connectivity index (χ2n) is 5.42. The lowest BCUT2D eigenvalue weighted by atomic mass is 10.1. The predicted molar refractivity (Wildman–Crippen MR) is 125 cm³/mol. The number of fused-ring (bicyclic) bond motifs is 1. The van der Waals surface area contributed by atoms with Crippen molar-refractivity contribution in [2.75, 3.05) is 0 Å². The summed E-state index contributed by atoms with van der Waals surface area (Å²) in [4.78, 5) is 16.2. The summed E-state index contributed by atoms with van der Waals surface area (Å²) in [5.41, 5.74) is 15.4. The fourth-order valence-corrected chi connectivity index (χ4v) is 2.13. The van der Waals surface area contributed by atoms with Crippen LogP contribution < -0.4 is 11.5 Å². The van der Waals surface area contributed by atoms with Crippen molar-refractivity contribution >= 4 is 28.7 Å². The van der Waals surface area contributed by atoms with Crippen molar-refractivity contribution in [2.45, 2.75) is 48.5 Å². The Labute approximate surface area is 168 Å². The maximum atomic E-state index is 5.85. The van der Waals surface area contributed by atoms with Gasteiger partial charge in [0.25, 0.3) is 0 Å². The molecule has 0 spiro atoms. The third kappa shape index (κ3) is 7.61. The van der Waals surface area contributed by atoms with E-state index in [4.69, 9.17) is 11.5 Å². The van der Waals surface area contributed by atoms with Crippen molar-refractivity contribution in [3.05, 3.63) is 59.8 Å². The summed E-state index contributed by atoms with van der Waals surface area (Å²) in [5.74, 6) is 0.715. The molecule has 0 aliphatic carbocycles. The van der Waals surface area contributed by atoms with E-state index in [0.717, 1.165) is 22.2 Å². The van der Waals surface area contributed by atoms with Crippen LogP contribution in [0.5, 0.6) is 0 Å². The SMILES string of the molecule is C=C(N)/N=C(\C)N=CC(=N/C(C)=C(/C)N)c1cccc2[nH]ccc12.CC.CC. The quantitative estimate of drug-likeness (QED) is 0.503. The third-order valence-corrected chi connectivity index (χ3v) is 3.41. The van der Waals surface area contributed by atoms with E-state index in [1.807, 2.05) is 72.0 Å². The lowest BCUT2D eigenvalue weighted by molar-refractivity contribution is 1.16. The number of rotatable bonds is 4. The van der Waals surface area contributed by atoms with Gasteiger partial charge in [0, 0.05) is 28.4 Å². The van der Waals surface area contributed by atoms with Gasteiger partial charge in [0.05, 0.1) is 17.6 Å². The zero-order valence-corrected chi connectivity index (χ0v) is 18.2. The van der Waals surface area contributed by atoms with Crippen LogP contribution in [-0.2, 0) is 0 Å². The highest BCUT2D eigenvalue weighted by molar-refractivity contribution is 6.42. The van der Waals surface area contributed by atoms with Gasteiger partial charge in [-0.25, -0.2) is 15.0 Å². The molecular formula is C22H34N6. The average Bonchev–Trinajstić information content (AvgIpc) is 3.16. The van der Waals surface area contributed by atoms with Gasteiger partial charge in [-0.15, -0.1) is 0 Å². The van der Waals surface area contributed by atoms with Crippen LogP contribution in [0.2, 0.25) is 0 Å². The second-order valence-corrected chi connectivity index (χ2v) is 5.42. The van der Waals surface area contributed by atoms with Crippen LogP contribution >= 0.6 is 0 Å². The van der Waals surface area contributed by atoms with Gasteiger partial charge in [0.2, 0.25) is 0 Å². The largest absolute Gasteiger partial charge is 0.401 e. The van der Waals surface area contributed by atoms with Crippen molar-refractivity contribution in [1.82, 2.24) is 4.98 Å². The van der Waals surface area contributed by atoms with Crippen LogP contribution in [0.3, 0.4) is 0 Å². The molecule has 6 nitrogen and oxygen atoms in total. The van der Waals surface area contributed by atoms with Gasteiger partial charge in [0.15, 0.2) is 0 Å². The topological polar surface area (TPSA) is 105 Å². The molecule has 0 saturated heterocycles. The van der Waals surface area contributed by atoms with E-state index in [1.54, 1.807) is 13.1 Å². The van der Waals surface area contributed by atoms with Crippen LogP contribution in [0.1, 0.15) is 54.0 Å². The van der Waals surface area contributed by atoms with Gasteiger partial charge in [0.1, 0.15) is 11.7 Å². The van der Waals surface area contributed by atoms with Crippen molar-refractivity contribution < 1.29 is 0 Å². The molecule has 1 heterocycles. The van der Waals surface area contributed by atoms with Gasteiger partial charge in [-0.1, -0.05) is 46.4 Å². The van der Waals surface area contributed by atoms with E-state index in [1.165, 1.54) is 0 Å². The lowest BCUT2D eigenvalue weighted by Crippen LogP contribution is -2.07. The van der Waals surface area contributed by atoms with E-state index < -0.39 is 0 Å². The maximum absolute atomic E-state index is 5.85. The summed E-state index contributed by atoms with van der Waals surface area (Å²) < 4.78 is 0. The van der Waals surface area contributed by atoms with Gasteiger partial charge in [-0.3, -0.25) is 0 Å². The molecule has 0 amide bonds. The number of allylic oxidation sites excluding steroid dienone is 2. The van der Waals surface area contributed by atoms with Crippen molar-refractivity contribution in [1.29, 1.82) is 0 Å². The Morgan fingerprint density at radius 2 is 1.64 bits per heavy atom. The number of benzene rings is 1. The fourth-order valence-electron chi connectivity index (χ4n) is 2.13. The molecule has 0 saturated carbocycles. The molecule has 0 bridgehead atoms. The van der Waals surface area contributed by atoms with E-state index in [0.29, 0.717) is 17.2 Å². The molecule has 1 aromatic carbocycles. The Kier molecular flexibility index (Phi) is 11.6. The van der Waals surface area contributed by atoms with Crippen molar-refractivity contribution in [3.8, 4) is 0 Å². The van der Waals surface area contributed by atoms with E-state index in [2.05, 4.69) is 26.5 Å². The summed E-state index contributed by atoms with van der Waals surface area (Å²) in [5, 5.41) is 1.06. The molecule has 5 N–H and O–H groups in total. The van der Waals surface area contributed by atoms with Gasteiger partial charge < -0.3 is 16.5 Å². The first-order valence-electron chi connectivity index (χ1n) is 9.50. The number of nitrogens with zero attached hydrogens (tertiary/aromatic N) is 3. The highest BCUT2D eigenvalue weighted by Gasteiger charge is 2.08. The Balaban J connectivity index is 0.00000171. The number of nitrogens with one attached hydrogen (secondary N) is 1. The standard InChI is InChI=1S/C18H22N6.2C2H6/c1-11(19)12(2)23-18(10-22-14(4)24-13(3)20)15-6-5-7-17-16(15)8-9-21-17;2*1-2/h5-10,21H,3,19-20H2,1-2,4H3;2*1-2H3/b12-11-,22-10?,23-18?,24-14+;;. The zero-order chi connectivity index (χ0) is 21.7. The summed E-state index contributed by atoms with van der Waals surface area (Å²) in [7, 11) is 0. The number of hydrogen-bond donors (Lipinski definition) is 3. The Morgan fingerprint density at radius 1 is 1.00 bits per heavy atom. The molecule has 0 aliphatic rings. The lowest BCUT2D eigenvalue weighted by Gasteiger charge is -2.05. The summed E-state index contributed by atoms with van der Waals surface area (Å²) in [6, 6.07) is 7.98. The van der Waals surface area contributed by atoms with E-state index >= 15 is 0 Å². The molecule has 0 aliphatic heterocycles. The summed E-state index contributed by atoms with van der Waals surface area (Å²) in [6.07, 6.45) is 3.56. The molecular weight excluding hydrogens is 348 g/mol. The molecule has 2 rings (SSSR count). The first-order valence-corrected chi connectivity index (χ1v) is 9.50. The minimum atomic E-state index is 0.213. The number of aromatic amines is 1. The van der Waals surface area contributed by atoms with E-state index in [-0.39, 0.29) is 5.82 Å². The summed E-state index contributed by atoms with van der Waals surface area (Å²) in [6.45, 7) is 17.0. The van der Waals surface area contributed by atoms with Crippen LogP contribution in [0.25, 0.3) is 10.9 Å². The monoisotopic (exact) mass is 382 g/mol. The highest BCUT2D eigenvalue weighted by Crippen LogP contribution is 2.19. The highest BCUT2D eigenvalue weighted by atomic mass is 15.0. The molecule has 28 heavy (non-hydrogen) atoms. The molecule has 0 radical (unpaired) electrons. The zero-order valence-electron chi connectivity index (χ0n) is 18.2. The molecule has 1 aromatic heterocycles. The van der Waals surface area contributed by atoms with Gasteiger partial charge >= 0.3 is 0 Å². The number of amidine groups is 1. The smallest absolute Gasteiger partial charge is 0.127 e. The first-order chi connectivity index (χ1) is 13.4. The molecule has 0 atom stereocenters. The first kappa shape index (κ1) is 24.8. The maximum Gasteiger partial charge on any atom is 0.127 e. The fraction of sp³-hybridized carbons (Fsp3) is 0.318. The molecule has 6 heteroatoms. The molecule has 152 valence electrons. The Morgan fingerprint density at radius 3 is 2.21 bits per heavy atom. The number of H-pyrrole nitrogens is 1. The number of hydrogen-bond acceptors (Lipinski definition) is 4. The minimum Gasteiger partial charge on any atom is -0.401 e. The van der Waals surface area contributed by atoms with E-state index in [9.17, 15) is 0 Å². The number of aromatic nitrogens is 1. The van der Waals surface area contributed by atoms with Crippen molar-refractivity contribution in [2.24, 2.45) is 26.4 Å². The number of aliphatic imine (C=N–C) groups is 3. The molecule has 0 fully saturated rings. The van der Waals surface area contributed by atoms with Gasteiger partial charge in [-0.05, 0) is 32.9 Å².